The van der Waals surface area contributed by atoms with Gasteiger partial charge in [-0.05, 0) is 19.3 Å². The Balaban J connectivity index is 2.26. The molecule has 1 aliphatic rings. The van der Waals surface area contributed by atoms with E-state index in [2.05, 4.69) is 23.4 Å². The maximum atomic E-state index is 6.02. The normalized spacial score (nSPS) is 18.9. The molecule has 0 radical (unpaired) electrons. The number of hydrogen-bond acceptors (Lipinski definition) is 2. The predicted molar refractivity (Wildman–Crippen MR) is 53.6 cm³/mol. The number of nitrogen functional groups attached to an aromatic ring is 1. The number of rotatable bonds is 3. The van der Waals surface area contributed by atoms with Gasteiger partial charge in [0.2, 0.25) is 0 Å². The topological polar surface area (TPSA) is 43.8 Å². The van der Waals surface area contributed by atoms with Crippen molar-refractivity contribution in [3.8, 4) is 0 Å². The van der Waals surface area contributed by atoms with E-state index >= 15 is 0 Å². The number of imidazole rings is 1. The van der Waals surface area contributed by atoms with Gasteiger partial charge in [-0.25, -0.2) is 4.98 Å². The average molecular weight is 179 g/mol. The van der Waals surface area contributed by atoms with Crippen LogP contribution in [-0.2, 0) is 0 Å². The summed E-state index contributed by atoms with van der Waals surface area (Å²) in [5.74, 6) is 1.37. The molecule has 0 aromatic carbocycles. The Morgan fingerprint density at radius 1 is 1.69 bits per heavy atom. The van der Waals surface area contributed by atoms with Crippen LogP contribution in [-0.4, -0.2) is 9.55 Å². The van der Waals surface area contributed by atoms with Crippen LogP contribution in [0.1, 0.15) is 50.8 Å². The van der Waals surface area contributed by atoms with E-state index < -0.39 is 0 Å². The molecule has 0 spiro atoms. The molecule has 2 N–H and O–H groups in total. The first-order valence-electron chi connectivity index (χ1n) is 5.06. The van der Waals surface area contributed by atoms with Gasteiger partial charge in [0, 0.05) is 12.0 Å². The summed E-state index contributed by atoms with van der Waals surface area (Å²) >= 11 is 0. The Bertz CT molecular complexity index is 299. The molecule has 2 rings (SSSR count). The predicted octanol–water partition coefficient (Wildman–Crippen LogP) is 2.31. The van der Waals surface area contributed by atoms with Gasteiger partial charge >= 0.3 is 0 Å². The van der Waals surface area contributed by atoms with E-state index in [4.69, 9.17) is 5.73 Å². The smallest absolute Gasteiger partial charge is 0.127 e. The van der Waals surface area contributed by atoms with E-state index in [1.165, 1.54) is 12.8 Å². The van der Waals surface area contributed by atoms with Crippen LogP contribution in [0.4, 0.5) is 5.82 Å². The van der Waals surface area contributed by atoms with Crippen molar-refractivity contribution in [3.63, 3.8) is 0 Å². The lowest BCUT2D eigenvalue weighted by atomic mass is 10.1. The second-order valence-corrected chi connectivity index (χ2v) is 3.96. The molecule has 1 unspecified atom stereocenters. The molecule has 0 amide bonds. The summed E-state index contributed by atoms with van der Waals surface area (Å²) in [7, 11) is 0. The fourth-order valence-electron chi connectivity index (χ4n) is 1.60. The third-order valence-electron chi connectivity index (χ3n) is 2.88. The molecule has 1 saturated carbocycles. The third-order valence-corrected chi connectivity index (χ3v) is 2.88. The summed E-state index contributed by atoms with van der Waals surface area (Å²) in [5, 5.41) is 0. The van der Waals surface area contributed by atoms with Gasteiger partial charge in [0.05, 0.1) is 12.0 Å². The highest BCUT2D eigenvalue weighted by Gasteiger charge is 2.26. The molecular formula is C10H17N3. The fourth-order valence-corrected chi connectivity index (χ4v) is 1.60. The molecule has 1 heterocycles. The molecule has 1 aromatic rings. The SMILES string of the molecule is CCC(C)c1ncn(C2CC2)c1N. The van der Waals surface area contributed by atoms with Gasteiger partial charge < -0.3 is 10.3 Å². The molecule has 1 aliphatic carbocycles. The van der Waals surface area contributed by atoms with Gasteiger partial charge in [-0.1, -0.05) is 13.8 Å². The summed E-state index contributed by atoms with van der Waals surface area (Å²) in [5.41, 5.74) is 7.10. The zero-order chi connectivity index (χ0) is 9.42. The van der Waals surface area contributed by atoms with Crippen LogP contribution in [0.15, 0.2) is 6.33 Å². The Hall–Kier alpha value is -0.990. The lowest BCUT2D eigenvalue weighted by molar-refractivity contribution is 0.711. The van der Waals surface area contributed by atoms with E-state index in [1.54, 1.807) is 0 Å². The van der Waals surface area contributed by atoms with Crippen molar-refractivity contribution in [2.45, 2.75) is 45.1 Å². The Morgan fingerprint density at radius 2 is 2.38 bits per heavy atom. The maximum absolute atomic E-state index is 6.02. The van der Waals surface area contributed by atoms with Crippen molar-refractivity contribution >= 4 is 5.82 Å². The highest BCUT2D eigenvalue weighted by atomic mass is 15.2. The highest BCUT2D eigenvalue weighted by Crippen LogP contribution is 2.38. The van der Waals surface area contributed by atoms with Gasteiger partial charge in [-0.2, -0.15) is 0 Å². The lowest BCUT2D eigenvalue weighted by Crippen LogP contribution is -2.03. The van der Waals surface area contributed by atoms with Gasteiger partial charge in [-0.3, -0.25) is 0 Å². The standard InChI is InChI=1S/C10H17N3/c1-3-7(2)9-10(11)13(6-12-9)8-4-5-8/h6-8H,3-5,11H2,1-2H3. The van der Waals surface area contributed by atoms with Crippen LogP contribution in [0.5, 0.6) is 0 Å². The summed E-state index contributed by atoms with van der Waals surface area (Å²) in [6.07, 6.45) is 5.53. The minimum atomic E-state index is 0.486. The monoisotopic (exact) mass is 179 g/mol. The fraction of sp³-hybridized carbons (Fsp3) is 0.700. The number of aromatic nitrogens is 2. The summed E-state index contributed by atoms with van der Waals surface area (Å²) in [4.78, 5) is 4.39. The average Bonchev–Trinajstić information content (AvgIpc) is 2.90. The summed E-state index contributed by atoms with van der Waals surface area (Å²) < 4.78 is 2.13. The number of nitrogens with zero attached hydrogens (tertiary/aromatic N) is 2. The van der Waals surface area contributed by atoms with Crippen molar-refractivity contribution in [2.24, 2.45) is 0 Å². The Morgan fingerprint density at radius 3 is 2.92 bits per heavy atom. The van der Waals surface area contributed by atoms with E-state index in [0.29, 0.717) is 12.0 Å². The number of nitrogens with two attached hydrogens (primary N) is 1. The minimum absolute atomic E-state index is 0.486. The molecule has 1 aromatic heterocycles. The first-order valence-corrected chi connectivity index (χ1v) is 5.06. The van der Waals surface area contributed by atoms with Crippen molar-refractivity contribution in [1.82, 2.24) is 9.55 Å². The van der Waals surface area contributed by atoms with E-state index in [0.717, 1.165) is 17.9 Å². The molecule has 0 aliphatic heterocycles. The van der Waals surface area contributed by atoms with Crippen LogP contribution in [0.25, 0.3) is 0 Å². The quantitative estimate of drug-likeness (QED) is 0.773. The van der Waals surface area contributed by atoms with Crippen molar-refractivity contribution < 1.29 is 0 Å². The van der Waals surface area contributed by atoms with Crippen molar-refractivity contribution in [1.29, 1.82) is 0 Å². The highest BCUT2D eigenvalue weighted by molar-refractivity contribution is 5.39. The maximum Gasteiger partial charge on any atom is 0.127 e. The van der Waals surface area contributed by atoms with Crippen LogP contribution < -0.4 is 5.73 Å². The van der Waals surface area contributed by atoms with Crippen LogP contribution in [0.3, 0.4) is 0 Å². The van der Waals surface area contributed by atoms with Crippen LogP contribution >= 0.6 is 0 Å². The molecule has 0 bridgehead atoms. The lowest BCUT2D eigenvalue weighted by Gasteiger charge is -2.07. The molecular weight excluding hydrogens is 162 g/mol. The molecule has 3 nitrogen and oxygen atoms in total. The first-order chi connectivity index (χ1) is 6.24. The Labute approximate surface area is 79.0 Å². The first kappa shape index (κ1) is 8.60. The number of hydrogen-bond donors (Lipinski definition) is 1. The summed E-state index contributed by atoms with van der Waals surface area (Å²) in [6, 6.07) is 0.644. The van der Waals surface area contributed by atoms with Gasteiger partial charge in [0.1, 0.15) is 5.82 Å². The van der Waals surface area contributed by atoms with Crippen molar-refractivity contribution in [3.05, 3.63) is 12.0 Å². The van der Waals surface area contributed by atoms with Crippen molar-refractivity contribution in [2.75, 3.05) is 5.73 Å². The minimum Gasteiger partial charge on any atom is -0.384 e. The number of anilines is 1. The zero-order valence-corrected chi connectivity index (χ0v) is 8.33. The Kier molecular flexibility index (Phi) is 2.02. The van der Waals surface area contributed by atoms with Gasteiger partial charge in [0.15, 0.2) is 0 Å². The van der Waals surface area contributed by atoms with E-state index in [9.17, 15) is 0 Å². The van der Waals surface area contributed by atoms with Crippen LogP contribution in [0.2, 0.25) is 0 Å². The largest absolute Gasteiger partial charge is 0.384 e. The van der Waals surface area contributed by atoms with E-state index in [-0.39, 0.29) is 0 Å². The zero-order valence-electron chi connectivity index (χ0n) is 8.33. The third kappa shape index (κ3) is 1.43. The molecule has 1 fully saturated rings. The second kappa shape index (κ2) is 3.05. The van der Waals surface area contributed by atoms with Gasteiger partial charge in [-0.15, -0.1) is 0 Å². The molecule has 72 valence electrons. The van der Waals surface area contributed by atoms with Crippen LogP contribution in [0, 0.1) is 0 Å². The molecule has 0 saturated heterocycles. The molecule has 13 heavy (non-hydrogen) atoms. The summed E-state index contributed by atoms with van der Waals surface area (Å²) in [6.45, 7) is 4.34. The second-order valence-electron chi connectivity index (χ2n) is 3.96. The molecule has 1 atom stereocenters. The molecule has 3 heteroatoms. The van der Waals surface area contributed by atoms with Gasteiger partial charge in [0.25, 0.3) is 0 Å². The van der Waals surface area contributed by atoms with E-state index in [1.807, 2.05) is 6.33 Å².